The molecule has 9 aromatic rings. The maximum absolute atomic E-state index is 7.81. The summed E-state index contributed by atoms with van der Waals surface area (Å²) < 4.78 is 107. The molecule has 0 bridgehead atoms. The van der Waals surface area contributed by atoms with Gasteiger partial charge in [-0.25, -0.2) is 0 Å². The zero-order chi connectivity index (χ0) is 64.8. The average molecular weight is 1300 g/mol. The van der Waals surface area contributed by atoms with E-state index in [0.29, 0.717) is 13.2 Å². The van der Waals surface area contributed by atoms with Crippen LogP contribution in [0, 0.1) is 0 Å². The smallest absolute Gasteiger partial charge is 0.187 e. The number of hydrogen-bond donors (Lipinski definition) is 0. The fourth-order valence-corrected chi connectivity index (χ4v) is 12.4. The van der Waals surface area contributed by atoms with E-state index < -0.39 is 92.1 Å². The molecular formula is C81H84O15. The van der Waals surface area contributed by atoms with Crippen LogP contribution in [-0.2, 0) is 131 Å². The number of fused-ring (bicyclic) bond motifs is 1. The van der Waals surface area contributed by atoms with Gasteiger partial charge in [0.15, 0.2) is 18.9 Å². The summed E-state index contributed by atoms with van der Waals surface area (Å²) in [6, 6.07) is 90.5. The average Bonchev–Trinajstić information content (AvgIpc) is 1.51. The molecule has 15 unspecified atom stereocenters. The molecule has 0 saturated carbocycles. The lowest BCUT2D eigenvalue weighted by Gasteiger charge is -2.51. The zero-order valence-corrected chi connectivity index (χ0v) is 53.8. The van der Waals surface area contributed by atoms with Gasteiger partial charge in [-0.15, -0.1) is 0 Å². The first-order valence-corrected chi connectivity index (χ1v) is 33.3. The number of rotatable bonds is 34. The first-order chi connectivity index (χ1) is 47.6. The van der Waals surface area contributed by atoms with Crippen LogP contribution in [0.1, 0.15) is 50.1 Å². The van der Waals surface area contributed by atoms with Crippen LogP contribution in [-0.4, -0.2) is 112 Å². The second-order valence-corrected chi connectivity index (χ2v) is 24.5. The Kier molecular flexibility index (Phi) is 24.5. The molecule has 96 heavy (non-hydrogen) atoms. The minimum Gasteiger partial charge on any atom is -0.374 e. The SMILES string of the molecule is c1ccc(COCC2OC(OC3C(COCc4ccccc4)OC(OC4C(COCc5ccccc5)OC5OC5C4OCc4ccccc4)C(OCc4ccccc4)C3OCc3ccccc3)C(OCc3ccccc3)C(OCc3ccccc3)C2OCc2ccccc2)cc1. The summed E-state index contributed by atoms with van der Waals surface area (Å²) in [5.41, 5.74) is 8.68. The lowest BCUT2D eigenvalue weighted by atomic mass is 9.95. The minimum absolute atomic E-state index is 0.00513. The van der Waals surface area contributed by atoms with Gasteiger partial charge in [0.2, 0.25) is 0 Å². The second-order valence-electron chi connectivity index (χ2n) is 24.5. The first-order valence-electron chi connectivity index (χ1n) is 33.3. The van der Waals surface area contributed by atoms with Crippen LogP contribution in [0.4, 0.5) is 0 Å². The molecule has 4 fully saturated rings. The minimum atomic E-state index is -1.20. The molecule has 0 amide bonds. The van der Waals surface area contributed by atoms with Crippen LogP contribution >= 0.6 is 0 Å². The standard InChI is InChI=1S/C81H84O15/c1-10-28-58(29-11-1)46-82-55-67-70(85-49-61-34-16-4-17-35-61)73(86-50-62-36-18-5-19-37-62)76(89-53-65-42-24-8-25-43-65)79(91-67)94-71-68(56-83-47-59-30-12-2-13-31-59)92-80(77(90-54-66-44-26-9-27-45-66)74(71)87-51-63-38-20-6-21-39-63)95-72-69(57-84-48-60-32-14-3-15-33-60)93-81-78(96-81)75(72)88-52-64-40-22-7-23-41-64/h1-45,67-81H,46-57H2. The third-order valence-corrected chi connectivity index (χ3v) is 17.5. The largest absolute Gasteiger partial charge is 0.374 e. The molecule has 4 aliphatic rings. The van der Waals surface area contributed by atoms with Gasteiger partial charge >= 0.3 is 0 Å². The van der Waals surface area contributed by atoms with Gasteiger partial charge in [0, 0.05) is 0 Å². The van der Waals surface area contributed by atoms with E-state index >= 15 is 0 Å². The van der Waals surface area contributed by atoms with Crippen molar-refractivity contribution in [1.82, 2.24) is 0 Å². The van der Waals surface area contributed by atoms with Crippen molar-refractivity contribution < 1.29 is 71.1 Å². The summed E-state index contributed by atoms with van der Waals surface area (Å²) in [6.07, 6.45) is -12.8. The molecule has 0 aliphatic carbocycles. The van der Waals surface area contributed by atoms with Gasteiger partial charge in [0.25, 0.3) is 0 Å². The molecule has 4 heterocycles. The first kappa shape index (κ1) is 67.0. The Labute approximate surface area is 562 Å². The van der Waals surface area contributed by atoms with Gasteiger partial charge < -0.3 is 71.1 Å². The van der Waals surface area contributed by atoms with Crippen LogP contribution in [0.5, 0.6) is 0 Å². The lowest BCUT2D eigenvalue weighted by Crippen LogP contribution is -2.67. The lowest BCUT2D eigenvalue weighted by molar-refractivity contribution is -0.385. The third kappa shape index (κ3) is 18.9. The summed E-state index contributed by atoms with van der Waals surface area (Å²) in [5, 5.41) is 0. The van der Waals surface area contributed by atoms with Crippen molar-refractivity contribution in [1.29, 1.82) is 0 Å². The van der Waals surface area contributed by atoms with E-state index in [2.05, 4.69) is 0 Å². The number of epoxide rings is 1. The second kappa shape index (κ2) is 35.1. The highest BCUT2D eigenvalue weighted by molar-refractivity contribution is 5.21. The van der Waals surface area contributed by atoms with E-state index in [9.17, 15) is 0 Å². The molecule has 0 aromatic heterocycles. The van der Waals surface area contributed by atoms with Crippen LogP contribution < -0.4 is 0 Å². The number of benzene rings is 9. The van der Waals surface area contributed by atoms with E-state index in [1.807, 2.05) is 273 Å². The van der Waals surface area contributed by atoms with Crippen molar-refractivity contribution in [3.05, 3.63) is 323 Å². The van der Waals surface area contributed by atoms with Crippen molar-refractivity contribution in [2.45, 2.75) is 152 Å². The van der Waals surface area contributed by atoms with Crippen molar-refractivity contribution in [3.8, 4) is 0 Å². The molecule has 15 nitrogen and oxygen atoms in total. The highest BCUT2D eigenvalue weighted by atomic mass is 16.8. The summed E-state index contributed by atoms with van der Waals surface area (Å²) >= 11 is 0. The molecule has 0 radical (unpaired) electrons. The quantitative estimate of drug-likeness (QED) is 0.0353. The summed E-state index contributed by atoms with van der Waals surface area (Å²) in [6.45, 7) is 2.39. The molecule has 4 saturated heterocycles. The van der Waals surface area contributed by atoms with Gasteiger partial charge in [-0.1, -0.05) is 273 Å². The normalized spacial score (nSPS) is 26.2. The van der Waals surface area contributed by atoms with Crippen LogP contribution in [0.15, 0.2) is 273 Å². The topological polar surface area (TPSA) is 142 Å². The van der Waals surface area contributed by atoms with Gasteiger partial charge in [0.1, 0.15) is 73.2 Å². The molecule has 15 atom stereocenters. The predicted molar refractivity (Wildman–Crippen MR) is 359 cm³/mol. The Hall–Kier alpha value is -7.62. The molecule has 498 valence electrons. The zero-order valence-electron chi connectivity index (χ0n) is 53.8. The van der Waals surface area contributed by atoms with E-state index in [1.54, 1.807) is 0 Å². The number of hydrogen-bond acceptors (Lipinski definition) is 15. The maximum atomic E-state index is 7.81. The molecule has 0 N–H and O–H groups in total. The van der Waals surface area contributed by atoms with Gasteiger partial charge in [-0.2, -0.15) is 0 Å². The van der Waals surface area contributed by atoms with Crippen LogP contribution in [0.3, 0.4) is 0 Å². The fraction of sp³-hybridized carbons (Fsp3) is 0.333. The molecule has 9 aromatic carbocycles. The molecule has 13 rings (SSSR count). The van der Waals surface area contributed by atoms with Crippen molar-refractivity contribution in [2.24, 2.45) is 0 Å². The van der Waals surface area contributed by atoms with Crippen molar-refractivity contribution >= 4 is 0 Å². The van der Waals surface area contributed by atoms with E-state index in [1.165, 1.54) is 0 Å². The Morgan fingerprint density at radius 2 is 0.438 bits per heavy atom. The molecule has 15 heteroatoms. The maximum Gasteiger partial charge on any atom is 0.187 e. The molecule has 4 aliphatic heterocycles. The Bertz CT molecular complexity index is 3610. The Balaban J connectivity index is 0.907. The summed E-state index contributed by atoms with van der Waals surface area (Å²) in [4.78, 5) is 0. The summed E-state index contributed by atoms with van der Waals surface area (Å²) in [7, 11) is 0. The van der Waals surface area contributed by atoms with E-state index in [4.69, 9.17) is 71.1 Å². The van der Waals surface area contributed by atoms with Crippen molar-refractivity contribution in [3.63, 3.8) is 0 Å². The van der Waals surface area contributed by atoms with Gasteiger partial charge in [-0.3, -0.25) is 0 Å². The summed E-state index contributed by atoms with van der Waals surface area (Å²) in [5.74, 6) is 0. The Morgan fingerprint density at radius 1 is 0.208 bits per heavy atom. The van der Waals surface area contributed by atoms with E-state index in [-0.39, 0.29) is 66.1 Å². The number of ether oxygens (including phenoxy) is 15. The highest BCUT2D eigenvalue weighted by Crippen LogP contribution is 2.43. The Morgan fingerprint density at radius 3 is 0.750 bits per heavy atom. The third-order valence-electron chi connectivity index (χ3n) is 17.5. The van der Waals surface area contributed by atoms with Crippen LogP contribution in [0.25, 0.3) is 0 Å². The van der Waals surface area contributed by atoms with Crippen LogP contribution in [0.2, 0.25) is 0 Å². The molecular weight excluding hydrogens is 1210 g/mol. The van der Waals surface area contributed by atoms with Crippen molar-refractivity contribution in [2.75, 3.05) is 19.8 Å². The highest BCUT2D eigenvalue weighted by Gasteiger charge is 2.61. The van der Waals surface area contributed by atoms with Gasteiger partial charge in [0.05, 0.1) is 79.3 Å². The fourth-order valence-electron chi connectivity index (χ4n) is 12.4. The molecule has 0 spiro atoms. The monoisotopic (exact) mass is 1300 g/mol. The van der Waals surface area contributed by atoms with Gasteiger partial charge in [-0.05, 0) is 50.1 Å². The van der Waals surface area contributed by atoms with E-state index in [0.717, 1.165) is 50.1 Å². The predicted octanol–water partition coefficient (Wildman–Crippen LogP) is 13.5.